The van der Waals surface area contributed by atoms with Crippen molar-refractivity contribution in [3.05, 3.63) is 23.8 Å². The van der Waals surface area contributed by atoms with Crippen molar-refractivity contribution in [2.45, 2.75) is 12.5 Å². The third kappa shape index (κ3) is 3.03. The zero-order valence-corrected chi connectivity index (χ0v) is 11.6. The van der Waals surface area contributed by atoms with Crippen LogP contribution in [-0.4, -0.2) is 36.5 Å². The molecule has 5 heteroatoms. The van der Waals surface area contributed by atoms with Crippen molar-refractivity contribution in [1.29, 1.82) is 0 Å². The van der Waals surface area contributed by atoms with E-state index in [0.29, 0.717) is 11.5 Å². The van der Waals surface area contributed by atoms with E-state index in [1.54, 1.807) is 14.2 Å². The minimum Gasteiger partial charge on any atom is -0.493 e. The van der Waals surface area contributed by atoms with Crippen molar-refractivity contribution in [1.82, 2.24) is 5.32 Å². The number of rotatable bonds is 3. The largest absolute Gasteiger partial charge is 0.493 e. The number of ether oxygens (including phenoxy) is 2. The summed E-state index contributed by atoms with van der Waals surface area (Å²) in [5, 5.41) is 3.43. The molecule has 1 fully saturated rings. The van der Waals surface area contributed by atoms with Gasteiger partial charge in [0.2, 0.25) is 0 Å². The Kier molecular flexibility index (Phi) is 4.60. The van der Waals surface area contributed by atoms with Crippen molar-refractivity contribution in [3.63, 3.8) is 0 Å². The highest BCUT2D eigenvalue weighted by Crippen LogP contribution is 2.30. The quantitative estimate of drug-likeness (QED) is 0.903. The number of benzene rings is 1. The molecule has 1 N–H and O–H groups in total. The Morgan fingerprint density at radius 2 is 2.06 bits per heavy atom. The highest BCUT2D eigenvalue weighted by Gasteiger charge is 2.19. The average Bonchev–Trinajstić information content (AvgIpc) is 2.62. The van der Waals surface area contributed by atoms with Crippen LogP contribution >= 0.6 is 0 Å². The smallest absolute Gasteiger partial charge is 0.161 e. The Morgan fingerprint density at radius 3 is 2.78 bits per heavy atom. The summed E-state index contributed by atoms with van der Waals surface area (Å²) < 4.78 is 22.3. The molecule has 1 aromatic carbocycles. The summed E-state index contributed by atoms with van der Waals surface area (Å²) in [7, 11) is 2.51. The van der Waals surface area contributed by atoms with E-state index in [9.17, 15) is 4.21 Å². The summed E-state index contributed by atoms with van der Waals surface area (Å²) in [5.74, 6) is 2.88. The van der Waals surface area contributed by atoms with Crippen molar-refractivity contribution in [3.8, 4) is 11.5 Å². The lowest BCUT2D eigenvalue weighted by Crippen LogP contribution is -2.23. The molecule has 0 aromatic heterocycles. The van der Waals surface area contributed by atoms with Gasteiger partial charge in [-0.15, -0.1) is 0 Å². The van der Waals surface area contributed by atoms with Crippen molar-refractivity contribution in [2.24, 2.45) is 0 Å². The van der Waals surface area contributed by atoms with Gasteiger partial charge in [0.05, 0.1) is 14.2 Å². The third-order valence-electron chi connectivity index (χ3n) is 3.10. The van der Waals surface area contributed by atoms with Gasteiger partial charge in [-0.25, -0.2) is 0 Å². The molecule has 2 atom stereocenters. The molecule has 0 radical (unpaired) electrons. The molecule has 0 aliphatic carbocycles. The van der Waals surface area contributed by atoms with Crippen LogP contribution in [0.1, 0.15) is 18.0 Å². The Bertz CT molecular complexity index is 436. The minimum absolute atomic E-state index is 0.133. The van der Waals surface area contributed by atoms with E-state index in [0.717, 1.165) is 30.0 Å². The first-order valence-electron chi connectivity index (χ1n) is 6.05. The average molecular weight is 269 g/mol. The van der Waals surface area contributed by atoms with E-state index in [-0.39, 0.29) is 6.04 Å². The van der Waals surface area contributed by atoms with Crippen molar-refractivity contribution in [2.75, 3.05) is 32.3 Å². The van der Waals surface area contributed by atoms with E-state index in [1.165, 1.54) is 0 Å². The van der Waals surface area contributed by atoms with Crippen LogP contribution < -0.4 is 14.8 Å². The summed E-state index contributed by atoms with van der Waals surface area (Å²) in [6.45, 7) is 0.907. The molecule has 1 aliphatic rings. The second-order valence-corrected chi connectivity index (χ2v) is 5.91. The Balaban J connectivity index is 2.23. The van der Waals surface area contributed by atoms with Crippen LogP contribution in [-0.2, 0) is 10.8 Å². The monoisotopic (exact) mass is 269 g/mol. The van der Waals surface area contributed by atoms with Crippen LogP contribution in [0.25, 0.3) is 0 Å². The second-order valence-electron chi connectivity index (χ2n) is 4.29. The van der Waals surface area contributed by atoms with Crippen LogP contribution in [0.15, 0.2) is 18.2 Å². The Hall–Kier alpha value is -1.07. The van der Waals surface area contributed by atoms with E-state index in [2.05, 4.69) is 5.32 Å². The fraction of sp³-hybridized carbons (Fsp3) is 0.538. The highest BCUT2D eigenvalue weighted by molar-refractivity contribution is 7.85. The summed E-state index contributed by atoms with van der Waals surface area (Å²) in [6.07, 6.45) is 0.969. The van der Waals surface area contributed by atoms with Gasteiger partial charge in [-0.2, -0.15) is 0 Å². The molecular formula is C13H19NO3S. The van der Waals surface area contributed by atoms with Crippen LogP contribution in [0.2, 0.25) is 0 Å². The molecule has 18 heavy (non-hydrogen) atoms. The van der Waals surface area contributed by atoms with Gasteiger partial charge >= 0.3 is 0 Å². The molecule has 1 saturated heterocycles. The van der Waals surface area contributed by atoms with Crippen molar-refractivity contribution < 1.29 is 13.7 Å². The second kappa shape index (κ2) is 6.20. The van der Waals surface area contributed by atoms with Gasteiger partial charge in [-0.05, 0) is 30.7 Å². The van der Waals surface area contributed by atoms with Crippen LogP contribution in [0.3, 0.4) is 0 Å². The van der Waals surface area contributed by atoms with Gasteiger partial charge in [0.1, 0.15) is 0 Å². The normalized spacial score (nSPS) is 24.3. The Morgan fingerprint density at radius 1 is 1.28 bits per heavy atom. The first kappa shape index (κ1) is 13.4. The molecule has 1 aromatic rings. The molecule has 2 unspecified atom stereocenters. The highest BCUT2D eigenvalue weighted by atomic mass is 32.2. The molecular weight excluding hydrogens is 250 g/mol. The van der Waals surface area contributed by atoms with Gasteiger partial charge in [0.25, 0.3) is 0 Å². The first-order valence-corrected chi connectivity index (χ1v) is 7.53. The van der Waals surface area contributed by atoms with Gasteiger partial charge in [-0.1, -0.05) is 6.07 Å². The SMILES string of the molecule is COc1ccc(C2CS(=O)CCCN2)cc1OC. The summed E-state index contributed by atoms with van der Waals surface area (Å²) in [6, 6.07) is 5.98. The zero-order valence-electron chi connectivity index (χ0n) is 10.8. The third-order valence-corrected chi connectivity index (χ3v) is 4.55. The van der Waals surface area contributed by atoms with Crippen LogP contribution in [0.5, 0.6) is 11.5 Å². The molecule has 1 aliphatic heterocycles. The van der Waals surface area contributed by atoms with Gasteiger partial charge < -0.3 is 14.8 Å². The number of methoxy groups -OCH3 is 2. The topological polar surface area (TPSA) is 47.6 Å². The molecule has 0 saturated carbocycles. The zero-order chi connectivity index (χ0) is 13.0. The molecule has 2 rings (SSSR count). The number of hydrogen-bond donors (Lipinski definition) is 1. The first-order chi connectivity index (χ1) is 8.74. The molecule has 100 valence electrons. The molecule has 0 amide bonds. The van der Waals surface area contributed by atoms with Crippen LogP contribution in [0.4, 0.5) is 0 Å². The standard InChI is InChI=1S/C13H19NO3S/c1-16-12-5-4-10(8-13(12)17-2)11-9-18(15)7-3-6-14-11/h4-5,8,11,14H,3,6-7,9H2,1-2H3. The fourth-order valence-corrected chi connectivity index (χ4v) is 3.44. The van der Waals surface area contributed by atoms with E-state index >= 15 is 0 Å². The lowest BCUT2D eigenvalue weighted by Gasteiger charge is -2.17. The van der Waals surface area contributed by atoms with Crippen molar-refractivity contribution >= 4 is 10.8 Å². The predicted molar refractivity (Wildman–Crippen MR) is 72.8 cm³/mol. The lowest BCUT2D eigenvalue weighted by molar-refractivity contribution is 0.354. The van der Waals surface area contributed by atoms with Gasteiger partial charge in [0.15, 0.2) is 11.5 Å². The minimum atomic E-state index is -0.738. The van der Waals surface area contributed by atoms with Gasteiger partial charge in [-0.3, -0.25) is 4.21 Å². The predicted octanol–water partition coefficient (Wildman–Crippen LogP) is 1.49. The maximum Gasteiger partial charge on any atom is 0.161 e. The lowest BCUT2D eigenvalue weighted by atomic mass is 10.1. The van der Waals surface area contributed by atoms with Gasteiger partial charge in [0, 0.05) is 28.3 Å². The van der Waals surface area contributed by atoms with E-state index in [4.69, 9.17) is 9.47 Å². The molecule has 4 nitrogen and oxygen atoms in total. The summed E-state index contributed by atoms with van der Waals surface area (Å²) in [4.78, 5) is 0. The van der Waals surface area contributed by atoms with Crippen LogP contribution in [0, 0.1) is 0 Å². The summed E-state index contributed by atoms with van der Waals surface area (Å²) >= 11 is 0. The maximum absolute atomic E-state index is 11.8. The maximum atomic E-state index is 11.8. The number of hydrogen-bond acceptors (Lipinski definition) is 4. The molecule has 1 heterocycles. The fourth-order valence-electron chi connectivity index (χ4n) is 2.12. The van der Waals surface area contributed by atoms with E-state index < -0.39 is 10.8 Å². The number of nitrogens with one attached hydrogen (secondary N) is 1. The molecule has 0 spiro atoms. The summed E-state index contributed by atoms with van der Waals surface area (Å²) in [5.41, 5.74) is 1.10. The van der Waals surface area contributed by atoms with E-state index in [1.807, 2.05) is 18.2 Å². The molecule has 0 bridgehead atoms. The Labute approximate surface area is 110 Å².